The first-order chi connectivity index (χ1) is 12.1. The number of nitrogens with one attached hydrogen (secondary N) is 1. The fraction of sp³-hybridized carbons (Fsp3) is 0.588. The molecule has 5 nitrogen and oxygen atoms in total. The van der Waals surface area contributed by atoms with E-state index in [9.17, 15) is 32.4 Å². The molecule has 0 aromatic heterocycles. The van der Waals surface area contributed by atoms with E-state index in [-0.39, 0.29) is 18.7 Å². The molecular formula is C17H22F3NO4S. The topological polar surface area (TPSA) is 86.6 Å². The van der Waals surface area contributed by atoms with Crippen molar-refractivity contribution >= 4 is 16.7 Å². The maximum absolute atomic E-state index is 12.5. The number of rotatable bonds is 7. The Hall–Kier alpha value is -1.45. The summed E-state index contributed by atoms with van der Waals surface area (Å²) in [6.45, 7) is -0.341. The van der Waals surface area contributed by atoms with Gasteiger partial charge in [0.1, 0.15) is 0 Å². The highest BCUT2D eigenvalue weighted by Crippen LogP contribution is 2.31. The molecule has 0 saturated heterocycles. The minimum atomic E-state index is -4.96. The number of alkyl halides is 3. The maximum atomic E-state index is 12.5. The summed E-state index contributed by atoms with van der Waals surface area (Å²) in [5.41, 5.74) is -0.531. The van der Waals surface area contributed by atoms with Crippen molar-refractivity contribution in [3.63, 3.8) is 0 Å². The number of aliphatic hydroxyl groups excluding tert-OH is 1. The van der Waals surface area contributed by atoms with E-state index in [1.165, 1.54) is 6.07 Å². The number of aliphatic hydroxyl groups is 2. The molecular weight excluding hydrogens is 371 g/mol. The van der Waals surface area contributed by atoms with Crippen molar-refractivity contribution in [3.8, 4) is 0 Å². The Morgan fingerprint density at radius 2 is 1.96 bits per heavy atom. The quantitative estimate of drug-likeness (QED) is 0.663. The van der Waals surface area contributed by atoms with Crippen molar-refractivity contribution < 1.29 is 32.4 Å². The van der Waals surface area contributed by atoms with Gasteiger partial charge < -0.3 is 15.5 Å². The van der Waals surface area contributed by atoms with Crippen molar-refractivity contribution in [1.82, 2.24) is 5.32 Å². The summed E-state index contributed by atoms with van der Waals surface area (Å²) in [6, 6.07) is 6.31. The van der Waals surface area contributed by atoms with Crippen LogP contribution in [0.5, 0.6) is 0 Å². The van der Waals surface area contributed by atoms with E-state index < -0.39 is 34.6 Å². The van der Waals surface area contributed by atoms with Gasteiger partial charge in [0, 0.05) is 11.4 Å². The summed E-state index contributed by atoms with van der Waals surface area (Å²) < 4.78 is 48.8. The van der Waals surface area contributed by atoms with Crippen LogP contribution in [0.15, 0.2) is 29.2 Å². The molecule has 1 aliphatic carbocycles. The molecule has 0 spiro atoms. The molecule has 3 N–H and O–H groups in total. The van der Waals surface area contributed by atoms with E-state index in [2.05, 4.69) is 0 Å². The highest BCUT2D eigenvalue weighted by atomic mass is 32.2. The summed E-state index contributed by atoms with van der Waals surface area (Å²) in [5, 5.41) is 22.2. The van der Waals surface area contributed by atoms with Crippen LogP contribution in [-0.4, -0.2) is 44.4 Å². The summed E-state index contributed by atoms with van der Waals surface area (Å²) in [5.74, 6) is -1.93. The van der Waals surface area contributed by atoms with Crippen molar-refractivity contribution in [2.24, 2.45) is 0 Å². The number of carbonyl (C=O) groups is 1. The molecule has 1 fully saturated rings. The van der Waals surface area contributed by atoms with Gasteiger partial charge >= 0.3 is 12.1 Å². The maximum Gasteiger partial charge on any atom is 0.471 e. The molecule has 0 aliphatic heterocycles. The van der Waals surface area contributed by atoms with Crippen LogP contribution in [0.3, 0.4) is 0 Å². The zero-order valence-corrected chi connectivity index (χ0v) is 14.9. The van der Waals surface area contributed by atoms with Gasteiger partial charge in [0.15, 0.2) is 0 Å². The lowest BCUT2D eigenvalue weighted by Crippen LogP contribution is -2.37. The van der Waals surface area contributed by atoms with Gasteiger partial charge in [-0.15, -0.1) is 0 Å². The second-order valence-electron chi connectivity index (χ2n) is 6.55. The average molecular weight is 393 g/mol. The molecule has 0 radical (unpaired) electrons. The number of halogens is 3. The van der Waals surface area contributed by atoms with Crippen LogP contribution in [0.4, 0.5) is 13.2 Å². The summed E-state index contributed by atoms with van der Waals surface area (Å²) in [7, 11) is -1.44. The Balaban J connectivity index is 1.93. The first-order valence-electron chi connectivity index (χ1n) is 8.34. The Bertz CT molecular complexity index is 660. The Morgan fingerprint density at radius 1 is 1.31 bits per heavy atom. The molecule has 1 aromatic carbocycles. The standard InChI is InChI=1S/C17H22F3NO4S/c18-17(19,20)15(23)21-9-6-14(22)12-4-3-5-13(10-12)26(25)11-16(24)7-1-2-8-16/h3-5,10,14,22,24H,1-2,6-9,11H2,(H,21,23). The first-order valence-corrected chi connectivity index (χ1v) is 9.66. The molecule has 26 heavy (non-hydrogen) atoms. The molecule has 1 amide bonds. The Kier molecular flexibility index (Phi) is 6.81. The molecule has 0 bridgehead atoms. The molecule has 1 saturated carbocycles. The third-order valence-corrected chi connectivity index (χ3v) is 5.98. The molecule has 2 rings (SSSR count). The molecule has 1 aromatic rings. The zero-order valence-electron chi connectivity index (χ0n) is 14.1. The van der Waals surface area contributed by atoms with E-state index in [4.69, 9.17) is 0 Å². The largest absolute Gasteiger partial charge is 0.471 e. The number of benzene rings is 1. The number of hydrogen-bond donors (Lipinski definition) is 3. The molecule has 146 valence electrons. The van der Waals surface area contributed by atoms with Crippen LogP contribution in [0.2, 0.25) is 0 Å². The van der Waals surface area contributed by atoms with Crippen molar-refractivity contribution in [2.75, 3.05) is 12.3 Å². The van der Waals surface area contributed by atoms with Gasteiger partial charge in [-0.05, 0) is 37.0 Å². The van der Waals surface area contributed by atoms with E-state index in [0.717, 1.165) is 12.8 Å². The monoisotopic (exact) mass is 393 g/mol. The highest BCUT2D eigenvalue weighted by molar-refractivity contribution is 7.85. The summed E-state index contributed by atoms with van der Waals surface area (Å²) >= 11 is 0. The van der Waals surface area contributed by atoms with Crippen molar-refractivity contribution in [2.45, 2.75) is 54.9 Å². The van der Waals surface area contributed by atoms with Gasteiger partial charge in [-0.25, -0.2) is 0 Å². The van der Waals surface area contributed by atoms with Gasteiger partial charge in [0.25, 0.3) is 0 Å². The number of carbonyl (C=O) groups excluding carboxylic acids is 1. The minimum absolute atomic E-state index is 0.109. The summed E-state index contributed by atoms with van der Waals surface area (Å²) in [6.07, 6.45) is -3.15. The first kappa shape index (κ1) is 20.9. The predicted octanol–water partition coefficient (Wildman–Crippen LogP) is 2.20. The van der Waals surface area contributed by atoms with Crippen LogP contribution >= 0.6 is 0 Å². The normalized spacial score (nSPS) is 19.1. The number of hydrogen-bond acceptors (Lipinski definition) is 4. The third-order valence-electron chi connectivity index (χ3n) is 4.40. The van der Waals surface area contributed by atoms with Gasteiger partial charge in [0.05, 0.1) is 28.3 Å². The van der Waals surface area contributed by atoms with Crippen LogP contribution in [-0.2, 0) is 15.6 Å². The van der Waals surface area contributed by atoms with Crippen molar-refractivity contribution in [1.29, 1.82) is 0 Å². The smallest absolute Gasteiger partial charge is 0.389 e. The fourth-order valence-corrected chi connectivity index (χ4v) is 4.40. The number of amides is 1. The minimum Gasteiger partial charge on any atom is -0.389 e. The van der Waals surface area contributed by atoms with Crippen molar-refractivity contribution in [3.05, 3.63) is 29.8 Å². The van der Waals surface area contributed by atoms with Crippen LogP contribution in [0.1, 0.15) is 43.8 Å². The Morgan fingerprint density at radius 3 is 2.58 bits per heavy atom. The van der Waals surface area contributed by atoms with E-state index >= 15 is 0 Å². The van der Waals surface area contributed by atoms with Crippen LogP contribution in [0, 0.1) is 0 Å². The summed E-state index contributed by atoms with van der Waals surface area (Å²) in [4.78, 5) is 11.2. The SMILES string of the molecule is O=C(NCCC(O)c1cccc(S(=O)CC2(O)CCCC2)c1)C(F)(F)F. The second-order valence-corrected chi connectivity index (χ2v) is 8.00. The van der Waals surface area contributed by atoms with Crippen LogP contribution in [0.25, 0.3) is 0 Å². The molecule has 0 heterocycles. The molecule has 2 atom stereocenters. The molecule has 9 heteroatoms. The van der Waals surface area contributed by atoms with Gasteiger partial charge in [-0.3, -0.25) is 9.00 Å². The van der Waals surface area contributed by atoms with Gasteiger partial charge in [0.2, 0.25) is 0 Å². The second kappa shape index (κ2) is 8.49. The van der Waals surface area contributed by atoms with E-state index in [1.807, 2.05) is 0 Å². The fourth-order valence-electron chi connectivity index (χ4n) is 2.96. The van der Waals surface area contributed by atoms with E-state index in [0.29, 0.717) is 23.3 Å². The molecule has 1 aliphatic rings. The van der Waals surface area contributed by atoms with Gasteiger partial charge in [-0.1, -0.05) is 25.0 Å². The van der Waals surface area contributed by atoms with E-state index in [1.54, 1.807) is 23.5 Å². The Labute approximate surface area is 152 Å². The average Bonchev–Trinajstić information content (AvgIpc) is 3.00. The lowest BCUT2D eigenvalue weighted by molar-refractivity contribution is -0.173. The van der Waals surface area contributed by atoms with Crippen LogP contribution < -0.4 is 5.32 Å². The van der Waals surface area contributed by atoms with Gasteiger partial charge in [-0.2, -0.15) is 13.2 Å². The predicted molar refractivity (Wildman–Crippen MR) is 89.8 cm³/mol. The molecule has 2 unspecified atom stereocenters. The highest BCUT2D eigenvalue weighted by Gasteiger charge is 2.38. The lowest BCUT2D eigenvalue weighted by atomic mass is 10.1. The zero-order chi connectivity index (χ0) is 19.4. The third kappa shape index (κ3) is 5.78. The lowest BCUT2D eigenvalue weighted by Gasteiger charge is -2.21.